The maximum absolute atomic E-state index is 14.1. The van der Waals surface area contributed by atoms with Crippen molar-refractivity contribution >= 4 is 29.2 Å². The highest BCUT2D eigenvalue weighted by Crippen LogP contribution is 2.38. The predicted octanol–water partition coefficient (Wildman–Crippen LogP) is 2.36. The fourth-order valence-electron chi connectivity index (χ4n) is 5.48. The van der Waals surface area contributed by atoms with Gasteiger partial charge in [-0.05, 0) is 62.7 Å². The van der Waals surface area contributed by atoms with Crippen molar-refractivity contribution < 1.29 is 28.5 Å². The Morgan fingerprint density at radius 2 is 1.73 bits per heavy atom. The topological polar surface area (TPSA) is 112 Å². The number of allylic oxidation sites excluding steroid dienone is 1. The van der Waals surface area contributed by atoms with Crippen molar-refractivity contribution in [3.05, 3.63) is 84.5 Å². The molecule has 0 saturated carbocycles. The van der Waals surface area contributed by atoms with Crippen molar-refractivity contribution in [2.75, 3.05) is 60.2 Å². The van der Waals surface area contributed by atoms with Gasteiger partial charge in [-0.1, -0.05) is 23.5 Å². The summed E-state index contributed by atoms with van der Waals surface area (Å²) >= 11 is 1.26. The number of hydrogen-bond donors (Lipinski definition) is 0. The molecule has 2 amide bonds. The molecule has 0 spiro atoms. The summed E-state index contributed by atoms with van der Waals surface area (Å²) in [5, 5.41) is 0. The van der Waals surface area contributed by atoms with Gasteiger partial charge in [0.05, 0.1) is 43.2 Å². The molecule has 2 aromatic carbocycles. The Morgan fingerprint density at radius 3 is 2.38 bits per heavy atom. The number of thiazole rings is 1. The molecule has 1 fully saturated rings. The minimum atomic E-state index is -0.777. The van der Waals surface area contributed by atoms with Gasteiger partial charge in [0, 0.05) is 31.7 Å². The van der Waals surface area contributed by atoms with Crippen LogP contribution in [-0.4, -0.2) is 86.4 Å². The number of carbonyl (C=O) groups excluding carboxylic acids is 2. The minimum Gasteiger partial charge on any atom is -0.497 e. The lowest BCUT2D eigenvalue weighted by Crippen LogP contribution is -2.43. The average Bonchev–Trinajstić information content (AvgIpc) is 3.37. The molecule has 0 unspecified atom stereocenters. The number of nitrogens with zero attached hydrogens (tertiary/aromatic N) is 4. The molecule has 0 aliphatic carbocycles. The first-order valence-corrected chi connectivity index (χ1v) is 15.7. The highest BCUT2D eigenvalue weighted by molar-refractivity contribution is 7.07. The summed E-state index contributed by atoms with van der Waals surface area (Å²) in [5.74, 6) is 1.38. The molecule has 3 heterocycles. The Bertz CT molecular complexity index is 1770. The molecule has 3 aromatic rings. The summed E-state index contributed by atoms with van der Waals surface area (Å²) in [6, 6.07) is 11.8. The van der Waals surface area contributed by atoms with E-state index in [1.54, 1.807) is 71.9 Å². The van der Waals surface area contributed by atoms with E-state index in [2.05, 4.69) is 0 Å². The highest BCUT2D eigenvalue weighted by atomic mass is 32.1. The largest absolute Gasteiger partial charge is 0.497 e. The average molecular weight is 635 g/mol. The van der Waals surface area contributed by atoms with Crippen molar-refractivity contribution in [2.45, 2.75) is 26.8 Å². The van der Waals surface area contributed by atoms with Crippen LogP contribution >= 0.6 is 11.3 Å². The van der Waals surface area contributed by atoms with E-state index >= 15 is 0 Å². The maximum Gasteiger partial charge on any atom is 0.271 e. The smallest absolute Gasteiger partial charge is 0.271 e. The number of fused-ring (bicyclic) bond motifs is 1. The lowest BCUT2D eigenvalue weighted by Gasteiger charge is -2.30. The second-order valence-electron chi connectivity index (χ2n) is 10.5. The van der Waals surface area contributed by atoms with Crippen LogP contribution in [0.1, 0.15) is 37.9 Å². The van der Waals surface area contributed by atoms with Gasteiger partial charge in [-0.2, -0.15) is 0 Å². The quantitative estimate of drug-likeness (QED) is 0.337. The summed E-state index contributed by atoms with van der Waals surface area (Å²) in [7, 11) is 3.13. The second-order valence-corrected chi connectivity index (χ2v) is 11.5. The molecule has 0 radical (unpaired) electrons. The molecule has 1 saturated heterocycles. The zero-order valence-corrected chi connectivity index (χ0v) is 27.0. The van der Waals surface area contributed by atoms with E-state index in [-0.39, 0.29) is 24.0 Å². The number of hydrogen-bond acceptors (Lipinski definition) is 9. The third-order valence-electron chi connectivity index (χ3n) is 7.94. The van der Waals surface area contributed by atoms with Crippen LogP contribution in [0, 0.1) is 0 Å². The van der Waals surface area contributed by atoms with Gasteiger partial charge in [0.1, 0.15) is 23.3 Å². The van der Waals surface area contributed by atoms with Crippen LogP contribution in [-0.2, 0) is 14.3 Å². The van der Waals surface area contributed by atoms with Gasteiger partial charge in [-0.25, -0.2) is 4.99 Å². The first-order valence-electron chi connectivity index (χ1n) is 14.9. The molecule has 5 rings (SSSR count). The SMILES string of the molecule is CCN(CC)C(=O)C1=C(C)N=c2s/c(=C\c3ccc(OCC(=O)N4CCOCC4)cc3)c(=O)n2[C@@H]1c1cc(OC)ccc1OC. The molecule has 0 N–H and O–H groups in total. The number of morpholine rings is 1. The Kier molecular flexibility index (Phi) is 10.0. The van der Waals surface area contributed by atoms with Gasteiger partial charge >= 0.3 is 0 Å². The molecular weight excluding hydrogens is 596 g/mol. The fourth-order valence-corrected chi connectivity index (χ4v) is 6.53. The van der Waals surface area contributed by atoms with Gasteiger partial charge in [-0.3, -0.25) is 19.0 Å². The van der Waals surface area contributed by atoms with Crippen LogP contribution < -0.4 is 29.1 Å². The molecule has 1 atom stereocenters. The monoisotopic (exact) mass is 634 g/mol. The van der Waals surface area contributed by atoms with Crippen molar-refractivity contribution in [3.8, 4) is 17.2 Å². The maximum atomic E-state index is 14.1. The van der Waals surface area contributed by atoms with E-state index in [1.165, 1.54) is 11.3 Å². The van der Waals surface area contributed by atoms with Crippen molar-refractivity contribution in [1.82, 2.24) is 14.4 Å². The van der Waals surface area contributed by atoms with Gasteiger partial charge in [0.2, 0.25) is 0 Å². The predicted molar refractivity (Wildman–Crippen MR) is 171 cm³/mol. The van der Waals surface area contributed by atoms with Gasteiger partial charge < -0.3 is 28.7 Å². The molecule has 0 bridgehead atoms. The van der Waals surface area contributed by atoms with Crippen LogP contribution in [0.3, 0.4) is 0 Å². The van der Waals surface area contributed by atoms with Crippen LogP contribution in [0.4, 0.5) is 0 Å². The van der Waals surface area contributed by atoms with E-state index in [4.69, 9.17) is 23.9 Å². The molecular formula is C33H38N4O7S. The Hall–Kier alpha value is -4.42. The number of ether oxygens (including phenoxy) is 4. The number of rotatable bonds is 10. The third kappa shape index (κ3) is 6.66. The summed E-state index contributed by atoms with van der Waals surface area (Å²) < 4.78 is 24.3. The summed E-state index contributed by atoms with van der Waals surface area (Å²) in [5.41, 5.74) is 2.09. The van der Waals surface area contributed by atoms with Crippen molar-refractivity contribution in [1.29, 1.82) is 0 Å². The van der Waals surface area contributed by atoms with E-state index in [9.17, 15) is 14.4 Å². The molecule has 2 aliphatic rings. The van der Waals surface area contributed by atoms with E-state index < -0.39 is 6.04 Å². The molecule has 2 aliphatic heterocycles. The number of benzene rings is 2. The Morgan fingerprint density at radius 1 is 1.04 bits per heavy atom. The molecule has 45 heavy (non-hydrogen) atoms. The fraction of sp³-hybridized carbons (Fsp3) is 0.394. The van der Waals surface area contributed by atoms with Crippen LogP contribution in [0.2, 0.25) is 0 Å². The summed E-state index contributed by atoms with van der Waals surface area (Å²) in [4.78, 5) is 49.2. The van der Waals surface area contributed by atoms with Crippen molar-refractivity contribution in [3.63, 3.8) is 0 Å². The zero-order valence-electron chi connectivity index (χ0n) is 26.2. The third-order valence-corrected chi connectivity index (χ3v) is 8.92. The number of amides is 2. The van der Waals surface area contributed by atoms with Gasteiger partial charge in [0.15, 0.2) is 11.4 Å². The molecule has 238 valence electrons. The number of carbonyl (C=O) groups is 2. The minimum absolute atomic E-state index is 0.0560. The van der Waals surface area contributed by atoms with Crippen LogP contribution in [0.5, 0.6) is 17.2 Å². The first-order chi connectivity index (χ1) is 21.8. The van der Waals surface area contributed by atoms with E-state index in [1.807, 2.05) is 26.0 Å². The standard InChI is InChI=1S/C33H38N4O7S/c1-6-35(7-2)32(40)29-21(3)34-33-37(30(29)25-19-24(41-4)12-13-26(25)42-5)31(39)27(45-33)18-22-8-10-23(11-9-22)44-20-28(38)36-14-16-43-17-15-36/h8-13,18-19,30H,6-7,14-17,20H2,1-5H3/b27-18-/t30-/m1/s1. The van der Waals surface area contributed by atoms with Gasteiger partial charge in [-0.15, -0.1) is 0 Å². The van der Waals surface area contributed by atoms with Crippen LogP contribution in [0.15, 0.2) is 63.5 Å². The molecule has 11 nitrogen and oxygen atoms in total. The highest BCUT2D eigenvalue weighted by Gasteiger charge is 2.36. The first kappa shape index (κ1) is 32.0. The van der Waals surface area contributed by atoms with Crippen LogP contribution in [0.25, 0.3) is 6.08 Å². The lowest BCUT2D eigenvalue weighted by atomic mass is 9.93. The van der Waals surface area contributed by atoms with Crippen molar-refractivity contribution in [2.24, 2.45) is 4.99 Å². The molecule has 1 aromatic heterocycles. The lowest BCUT2D eigenvalue weighted by molar-refractivity contribution is -0.137. The second kappa shape index (κ2) is 14.1. The van der Waals surface area contributed by atoms with Gasteiger partial charge in [0.25, 0.3) is 17.4 Å². The zero-order chi connectivity index (χ0) is 32.1. The number of likely N-dealkylation sites (N-methyl/N-ethyl adjacent to an activating group) is 1. The summed E-state index contributed by atoms with van der Waals surface area (Å²) in [6.45, 7) is 8.81. The Labute approximate surface area is 265 Å². The summed E-state index contributed by atoms with van der Waals surface area (Å²) in [6.07, 6.45) is 1.79. The van der Waals surface area contributed by atoms with E-state index in [0.717, 1.165) is 5.56 Å². The number of methoxy groups -OCH3 is 2. The van der Waals surface area contributed by atoms with E-state index in [0.29, 0.717) is 82.8 Å². The molecule has 12 heteroatoms. The number of aromatic nitrogens is 1. The normalized spacial score (nSPS) is 16.6. The Balaban J connectivity index is 1.52.